The number of hydrogen-bond acceptors (Lipinski definition) is 4. The van der Waals surface area contributed by atoms with Gasteiger partial charge >= 0.3 is 6.03 Å². The van der Waals surface area contributed by atoms with Gasteiger partial charge in [-0.2, -0.15) is 0 Å². The van der Waals surface area contributed by atoms with Crippen LogP contribution in [-0.4, -0.2) is 49.5 Å². The summed E-state index contributed by atoms with van der Waals surface area (Å²) in [5.74, 6) is 1.64. The number of rotatable bonds is 6. The quantitative estimate of drug-likeness (QED) is 0.843. The second kappa shape index (κ2) is 8.36. The highest BCUT2D eigenvalue weighted by Crippen LogP contribution is 2.25. The summed E-state index contributed by atoms with van der Waals surface area (Å²) in [5.41, 5.74) is 0. The fourth-order valence-electron chi connectivity index (χ4n) is 3.10. The predicted octanol–water partition coefficient (Wildman–Crippen LogP) is 2.47. The van der Waals surface area contributed by atoms with Crippen molar-refractivity contribution in [3.05, 3.63) is 23.7 Å². The number of carbonyl (C=O) groups excluding carboxylic acids is 1. The zero-order valence-electron chi connectivity index (χ0n) is 14.2. The Morgan fingerprint density at radius 2 is 2.22 bits per heavy atom. The van der Waals surface area contributed by atoms with E-state index in [1.807, 2.05) is 19.1 Å². The van der Waals surface area contributed by atoms with Gasteiger partial charge in [0.05, 0.1) is 12.7 Å². The summed E-state index contributed by atoms with van der Waals surface area (Å²) in [6, 6.07) is 3.22. The van der Waals surface area contributed by atoms with Crippen molar-refractivity contribution < 1.29 is 19.1 Å². The van der Waals surface area contributed by atoms with Crippen LogP contribution in [-0.2, 0) is 4.74 Å². The van der Waals surface area contributed by atoms with Crippen LogP contribution < -0.4 is 5.32 Å². The summed E-state index contributed by atoms with van der Waals surface area (Å²) in [7, 11) is 3.35. The molecule has 6 heteroatoms. The molecule has 1 aliphatic rings. The summed E-state index contributed by atoms with van der Waals surface area (Å²) >= 11 is 0. The van der Waals surface area contributed by atoms with Crippen molar-refractivity contribution in [1.29, 1.82) is 0 Å². The van der Waals surface area contributed by atoms with Crippen molar-refractivity contribution in [2.75, 3.05) is 27.3 Å². The van der Waals surface area contributed by atoms with Gasteiger partial charge < -0.3 is 24.5 Å². The minimum atomic E-state index is -0.320. The Bertz CT molecular complexity index is 503. The lowest BCUT2D eigenvalue weighted by molar-refractivity contribution is 0.0557. The Balaban J connectivity index is 1.92. The normalized spacial score (nSPS) is 22.6. The van der Waals surface area contributed by atoms with E-state index in [1.165, 1.54) is 0 Å². The number of hydrogen-bond donors (Lipinski definition) is 2. The first-order valence-electron chi connectivity index (χ1n) is 8.26. The second-order valence-electron chi connectivity index (χ2n) is 6.40. The van der Waals surface area contributed by atoms with Crippen LogP contribution >= 0.6 is 0 Å². The third-order valence-electron chi connectivity index (χ3n) is 4.46. The number of amides is 2. The average molecular weight is 324 g/mol. The third-order valence-corrected chi connectivity index (χ3v) is 4.46. The van der Waals surface area contributed by atoms with Gasteiger partial charge in [0.1, 0.15) is 17.6 Å². The molecule has 2 amide bonds. The van der Waals surface area contributed by atoms with E-state index in [1.54, 1.807) is 19.1 Å². The maximum atomic E-state index is 12.4. The van der Waals surface area contributed by atoms with Gasteiger partial charge in [-0.1, -0.05) is 12.8 Å². The van der Waals surface area contributed by atoms with E-state index in [2.05, 4.69) is 5.32 Å². The van der Waals surface area contributed by atoms with Crippen LogP contribution in [0.25, 0.3) is 0 Å². The first-order chi connectivity index (χ1) is 11.0. The molecule has 1 aromatic heterocycles. The lowest BCUT2D eigenvalue weighted by Gasteiger charge is -2.31. The summed E-state index contributed by atoms with van der Waals surface area (Å²) < 4.78 is 10.8. The molecule has 6 nitrogen and oxygen atoms in total. The zero-order chi connectivity index (χ0) is 16.8. The zero-order valence-corrected chi connectivity index (χ0v) is 14.2. The molecule has 0 aromatic carbocycles. The number of aliphatic hydroxyl groups excluding tert-OH is 1. The van der Waals surface area contributed by atoms with Crippen molar-refractivity contribution in [3.8, 4) is 0 Å². The summed E-state index contributed by atoms with van der Waals surface area (Å²) in [6.07, 6.45) is 3.69. The fourth-order valence-corrected chi connectivity index (χ4v) is 3.10. The van der Waals surface area contributed by atoms with Crippen LogP contribution in [0.4, 0.5) is 4.79 Å². The molecule has 2 rings (SSSR count). The minimum absolute atomic E-state index is 0.159. The van der Waals surface area contributed by atoms with Crippen molar-refractivity contribution in [3.63, 3.8) is 0 Å². The molecule has 23 heavy (non-hydrogen) atoms. The molecular formula is C17H28N2O4. The molecule has 0 aliphatic heterocycles. The minimum Gasteiger partial charge on any atom is -0.464 e. The van der Waals surface area contributed by atoms with E-state index in [9.17, 15) is 9.90 Å². The number of methoxy groups -OCH3 is 1. The SMILES string of the molecule is COCC(NC(=O)N(C)CC1CCCCC1O)c1ccc(C)o1. The third kappa shape index (κ3) is 4.97. The largest absolute Gasteiger partial charge is 0.464 e. The fraction of sp³-hybridized carbons (Fsp3) is 0.706. The first-order valence-corrected chi connectivity index (χ1v) is 8.26. The molecule has 0 radical (unpaired) electrons. The van der Waals surface area contributed by atoms with Crippen LogP contribution in [0.15, 0.2) is 16.5 Å². The van der Waals surface area contributed by atoms with Gasteiger partial charge in [0.25, 0.3) is 0 Å². The number of ether oxygens (including phenoxy) is 1. The maximum absolute atomic E-state index is 12.4. The van der Waals surface area contributed by atoms with Crippen LogP contribution in [0.5, 0.6) is 0 Å². The monoisotopic (exact) mass is 324 g/mol. The number of nitrogens with one attached hydrogen (secondary N) is 1. The van der Waals surface area contributed by atoms with Crippen LogP contribution in [0.1, 0.15) is 43.2 Å². The standard InChI is InChI=1S/C17H28N2O4/c1-12-8-9-16(23-12)14(11-22-3)18-17(21)19(2)10-13-6-4-5-7-15(13)20/h8-9,13-15,20H,4-7,10-11H2,1-3H3,(H,18,21). The van der Waals surface area contributed by atoms with E-state index in [0.717, 1.165) is 31.4 Å². The molecule has 1 saturated carbocycles. The van der Waals surface area contributed by atoms with Gasteiger partial charge in [-0.15, -0.1) is 0 Å². The number of carbonyl (C=O) groups is 1. The lowest BCUT2D eigenvalue weighted by Crippen LogP contribution is -2.44. The number of aryl methyl sites for hydroxylation is 1. The highest BCUT2D eigenvalue weighted by molar-refractivity contribution is 5.74. The molecule has 3 atom stereocenters. The summed E-state index contributed by atoms with van der Waals surface area (Å²) in [4.78, 5) is 14.1. The molecular weight excluding hydrogens is 296 g/mol. The predicted molar refractivity (Wildman–Crippen MR) is 87.2 cm³/mol. The van der Waals surface area contributed by atoms with Gasteiger partial charge in [0.15, 0.2) is 0 Å². The Kier molecular flexibility index (Phi) is 6.47. The molecule has 1 heterocycles. The molecule has 1 fully saturated rings. The van der Waals surface area contributed by atoms with E-state index in [-0.39, 0.29) is 24.1 Å². The first kappa shape index (κ1) is 17.8. The Labute approximate surface area is 137 Å². The van der Waals surface area contributed by atoms with E-state index < -0.39 is 0 Å². The van der Waals surface area contributed by atoms with Crippen LogP contribution in [0.3, 0.4) is 0 Å². The molecule has 0 bridgehead atoms. The van der Waals surface area contributed by atoms with Crippen molar-refractivity contribution >= 4 is 6.03 Å². The number of aliphatic hydroxyl groups is 1. The molecule has 0 saturated heterocycles. The smallest absolute Gasteiger partial charge is 0.317 e. The van der Waals surface area contributed by atoms with Gasteiger partial charge in [-0.3, -0.25) is 0 Å². The molecule has 0 spiro atoms. The Hall–Kier alpha value is -1.53. The maximum Gasteiger partial charge on any atom is 0.317 e. The molecule has 3 unspecified atom stereocenters. The van der Waals surface area contributed by atoms with Crippen molar-refractivity contribution in [2.45, 2.75) is 44.8 Å². The highest BCUT2D eigenvalue weighted by atomic mass is 16.5. The number of nitrogens with zero attached hydrogens (tertiary/aromatic N) is 1. The van der Waals surface area contributed by atoms with Gasteiger partial charge in [-0.05, 0) is 31.9 Å². The van der Waals surface area contributed by atoms with E-state index in [0.29, 0.717) is 18.9 Å². The topological polar surface area (TPSA) is 74.9 Å². The van der Waals surface area contributed by atoms with E-state index in [4.69, 9.17) is 9.15 Å². The van der Waals surface area contributed by atoms with Crippen LogP contribution in [0.2, 0.25) is 0 Å². The number of urea groups is 1. The summed E-state index contributed by atoms with van der Waals surface area (Å²) in [6.45, 7) is 2.77. The van der Waals surface area contributed by atoms with Crippen LogP contribution in [0, 0.1) is 12.8 Å². The highest BCUT2D eigenvalue weighted by Gasteiger charge is 2.27. The van der Waals surface area contributed by atoms with E-state index >= 15 is 0 Å². The average Bonchev–Trinajstić information content (AvgIpc) is 2.95. The summed E-state index contributed by atoms with van der Waals surface area (Å²) in [5, 5.41) is 13.0. The molecule has 2 N–H and O–H groups in total. The van der Waals surface area contributed by atoms with Gasteiger partial charge in [0, 0.05) is 26.6 Å². The molecule has 1 aromatic rings. The molecule has 1 aliphatic carbocycles. The number of furan rings is 1. The Morgan fingerprint density at radius 3 is 2.83 bits per heavy atom. The molecule has 130 valence electrons. The lowest BCUT2D eigenvalue weighted by atomic mass is 9.86. The van der Waals surface area contributed by atoms with Gasteiger partial charge in [-0.25, -0.2) is 4.79 Å². The van der Waals surface area contributed by atoms with Gasteiger partial charge in [0.2, 0.25) is 0 Å². The van der Waals surface area contributed by atoms with Crippen molar-refractivity contribution in [1.82, 2.24) is 10.2 Å². The second-order valence-corrected chi connectivity index (χ2v) is 6.40. The Morgan fingerprint density at radius 1 is 1.48 bits per heavy atom. The van der Waals surface area contributed by atoms with Crippen molar-refractivity contribution in [2.24, 2.45) is 5.92 Å².